The molecule has 29 heteroatoms. The van der Waals surface area contributed by atoms with E-state index in [1.54, 1.807) is 0 Å². The molecule has 0 bridgehead atoms. The van der Waals surface area contributed by atoms with Crippen LogP contribution < -0.4 is 64.6 Å². The van der Waals surface area contributed by atoms with Crippen molar-refractivity contribution in [3.63, 3.8) is 0 Å². The molecule has 0 aliphatic carbocycles. The summed E-state index contributed by atoms with van der Waals surface area (Å²) in [6.45, 7) is 4.33. The summed E-state index contributed by atoms with van der Waals surface area (Å²) in [5.74, 6) is -11.2. The van der Waals surface area contributed by atoms with E-state index in [1.807, 2.05) is 13.8 Å². The van der Waals surface area contributed by atoms with Crippen molar-refractivity contribution in [2.24, 2.45) is 17.4 Å². The van der Waals surface area contributed by atoms with Crippen molar-refractivity contribution < 1.29 is 77.6 Å². The Morgan fingerprint density at radius 3 is 1.56 bits per heavy atom. The second-order valence-corrected chi connectivity index (χ2v) is 19.1. The minimum atomic E-state index is -1.69. The maximum Gasteiger partial charge on any atom is 0.248 e. The molecule has 17 N–H and O–H groups in total. The van der Waals surface area contributed by atoms with E-state index in [4.69, 9.17) is 11.5 Å². The van der Waals surface area contributed by atoms with Crippen LogP contribution in [0, 0.1) is 5.92 Å². The van der Waals surface area contributed by atoms with Gasteiger partial charge in [0.05, 0.1) is 32.7 Å². The summed E-state index contributed by atoms with van der Waals surface area (Å²) in [6.07, 6.45) is -0.112. The molecular formula is C50H71N13O16. The van der Waals surface area contributed by atoms with E-state index in [0.29, 0.717) is 17.5 Å². The zero-order chi connectivity index (χ0) is 59.1. The number of aliphatic hydroxyl groups is 1. The number of nitrogens with one attached hydrogen (secondary N) is 10. The molecule has 1 heterocycles. The van der Waals surface area contributed by atoms with E-state index in [-0.39, 0.29) is 49.6 Å². The largest absolute Gasteiger partial charge is 0.508 e. The van der Waals surface area contributed by atoms with Crippen molar-refractivity contribution in [2.45, 2.75) is 121 Å². The molecule has 8 atom stereocenters. The SMILES string of the molecule is CC(=O)N[C@@H](CC(C)C)C(=O)N[C@@H](Cc1ccc(O)cc1)C(=O)NCC(=O)N[C@@H](C)C(=O)N[C@@H](CC(N)=O)C(=O)N[C@@H](C)C(=O)NCC(=O)N[C@@H](CO)C(=O)N1CCC[C@H]1C(=O)NCC(=O)N[C@@H](Cc1ccc(O)cc1)C(N)=O. The molecule has 2 aromatic rings. The number of amides is 13. The number of rotatable bonds is 30. The highest BCUT2D eigenvalue weighted by molar-refractivity contribution is 5.99. The highest BCUT2D eigenvalue weighted by atomic mass is 16.3. The molecule has 0 saturated carbocycles. The first kappa shape index (κ1) is 64.4. The Morgan fingerprint density at radius 1 is 0.557 bits per heavy atom. The van der Waals surface area contributed by atoms with Crippen LogP contribution in [0.15, 0.2) is 48.5 Å². The Bertz CT molecular complexity index is 2550. The highest BCUT2D eigenvalue weighted by Crippen LogP contribution is 2.19. The fourth-order valence-electron chi connectivity index (χ4n) is 7.91. The van der Waals surface area contributed by atoms with Crippen molar-refractivity contribution in [1.82, 2.24) is 58.1 Å². The third-order valence-electron chi connectivity index (χ3n) is 12.0. The van der Waals surface area contributed by atoms with Gasteiger partial charge >= 0.3 is 0 Å². The summed E-state index contributed by atoms with van der Waals surface area (Å²) in [5.41, 5.74) is 11.9. The van der Waals surface area contributed by atoms with Crippen LogP contribution in [-0.4, -0.2) is 178 Å². The predicted molar refractivity (Wildman–Crippen MR) is 277 cm³/mol. The number of nitrogens with two attached hydrogens (primary N) is 2. The summed E-state index contributed by atoms with van der Waals surface area (Å²) in [6, 6.07) is 0.998. The van der Waals surface area contributed by atoms with Crippen LogP contribution in [0.2, 0.25) is 0 Å². The second-order valence-electron chi connectivity index (χ2n) is 19.1. The summed E-state index contributed by atoms with van der Waals surface area (Å²) >= 11 is 0. The number of carbonyl (C=O) groups excluding carboxylic acids is 13. The van der Waals surface area contributed by atoms with Crippen LogP contribution in [-0.2, 0) is 75.2 Å². The van der Waals surface area contributed by atoms with Gasteiger partial charge in [-0.05, 0) is 74.4 Å². The van der Waals surface area contributed by atoms with Gasteiger partial charge in [0, 0.05) is 26.3 Å². The van der Waals surface area contributed by atoms with E-state index < -0.39 is 158 Å². The molecule has 0 radical (unpaired) electrons. The molecule has 79 heavy (non-hydrogen) atoms. The molecule has 0 aromatic heterocycles. The van der Waals surface area contributed by atoms with Gasteiger partial charge in [-0.3, -0.25) is 62.3 Å². The standard InChI is InChI=1S/C50H71N13O16/c1-25(2)17-34(58-28(5)65)48(77)62-35(19-30-10-14-32(67)15-11-30)46(75)54-21-40(69)56-27(4)45(74)61-36(20-39(51)68)47(76)57-26(3)44(73)53-22-42(71)60-37(24-64)50(79)63-16-6-7-38(63)49(78)55-23-41(70)59-33(43(52)72)18-29-8-12-31(66)13-9-29/h8-15,25-27,33-38,64,66-67H,6-7,16-24H2,1-5H3,(H2,51,68)(H2,52,72)(H,53,73)(H,54,75)(H,55,78)(H,56,69)(H,57,76)(H,58,65)(H,59,70)(H,60,71)(H,61,74)(H,62,77)/t26-,27-,33-,34-,35-,36-,37-,38-/m0/s1. The first-order valence-corrected chi connectivity index (χ1v) is 25.1. The van der Waals surface area contributed by atoms with Gasteiger partial charge in [0.15, 0.2) is 0 Å². The molecule has 1 fully saturated rings. The first-order chi connectivity index (χ1) is 37.2. The monoisotopic (exact) mass is 1110 g/mol. The fourth-order valence-corrected chi connectivity index (χ4v) is 7.91. The summed E-state index contributed by atoms with van der Waals surface area (Å²) in [5, 5.41) is 52.9. The smallest absolute Gasteiger partial charge is 0.248 e. The minimum absolute atomic E-state index is 0.00245. The van der Waals surface area contributed by atoms with Crippen molar-refractivity contribution >= 4 is 76.8 Å². The van der Waals surface area contributed by atoms with Crippen molar-refractivity contribution in [3.8, 4) is 11.5 Å². The Morgan fingerprint density at radius 2 is 1.04 bits per heavy atom. The molecule has 13 amide bonds. The van der Waals surface area contributed by atoms with Crippen molar-refractivity contribution in [2.75, 3.05) is 32.8 Å². The van der Waals surface area contributed by atoms with Gasteiger partial charge in [-0.25, -0.2) is 0 Å². The van der Waals surface area contributed by atoms with Crippen molar-refractivity contribution in [3.05, 3.63) is 59.7 Å². The van der Waals surface area contributed by atoms with E-state index in [0.717, 1.165) is 4.90 Å². The third kappa shape index (κ3) is 22.3. The lowest BCUT2D eigenvalue weighted by molar-refractivity contribution is -0.142. The van der Waals surface area contributed by atoms with Gasteiger partial charge in [0.2, 0.25) is 76.8 Å². The Labute approximate surface area is 454 Å². The van der Waals surface area contributed by atoms with Gasteiger partial charge in [-0.1, -0.05) is 38.1 Å². The van der Waals surface area contributed by atoms with Gasteiger partial charge < -0.3 is 84.9 Å². The molecule has 2 aromatic carbocycles. The highest BCUT2D eigenvalue weighted by Gasteiger charge is 2.38. The zero-order valence-corrected chi connectivity index (χ0v) is 44.3. The van der Waals surface area contributed by atoms with Gasteiger partial charge in [-0.15, -0.1) is 0 Å². The van der Waals surface area contributed by atoms with Gasteiger partial charge in [-0.2, -0.15) is 0 Å². The lowest BCUT2D eigenvalue weighted by Gasteiger charge is -2.28. The maximum absolute atomic E-state index is 13.5. The Hall–Kier alpha value is -8.89. The van der Waals surface area contributed by atoms with E-state index in [1.165, 1.54) is 69.3 Å². The summed E-state index contributed by atoms with van der Waals surface area (Å²) < 4.78 is 0. The molecule has 0 unspecified atom stereocenters. The fraction of sp³-hybridized carbons (Fsp3) is 0.500. The predicted octanol–water partition coefficient (Wildman–Crippen LogP) is -5.93. The normalized spacial score (nSPS) is 15.4. The van der Waals surface area contributed by atoms with Crippen molar-refractivity contribution in [1.29, 1.82) is 0 Å². The van der Waals surface area contributed by atoms with Crippen LogP contribution in [0.3, 0.4) is 0 Å². The van der Waals surface area contributed by atoms with E-state index >= 15 is 0 Å². The molecule has 0 spiro atoms. The number of hydrogen-bond donors (Lipinski definition) is 15. The molecule has 1 saturated heterocycles. The summed E-state index contributed by atoms with van der Waals surface area (Å²) in [7, 11) is 0. The molecule has 432 valence electrons. The van der Waals surface area contributed by atoms with Crippen LogP contribution in [0.4, 0.5) is 0 Å². The van der Waals surface area contributed by atoms with Gasteiger partial charge in [0.1, 0.15) is 59.8 Å². The van der Waals surface area contributed by atoms with Crippen LogP contribution in [0.5, 0.6) is 11.5 Å². The first-order valence-electron chi connectivity index (χ1n) is 25.1. The third-order valence-corrected chi connectivity index (χ3v) is 12.0. The topological polar surface area (TPSA) is 458 Å². The number of benzene rings is 2. The molecule has 29 nitrogen and oxygen atoms in total. The van der Waals surface area contributed by atoms with Gasteiger partial charge in [0.25, 0.3) is 0 Å². The maximum atomic E-state index is 13.5. The zero-order valence-electron chi connectivity index (χ0n) is 44.3. The minimum Gasteiger partial charge on any atom is -0.508 e. The number of phenols is 2. The summed E-state index contributed by atoms with van der Waals surface area (Å²) in [4.78, 5) is 168. The number of hydrogen-bond acceptors (Lipinski definition) is 16. The number of phenolic OH excluding ortho intramolecular Hbond substituents is 2. The number of primary amides is 2. The average Bonchev–Trinajstić information content (AvgIpc) is 3.89. The molecular weight excluding hydrogens is 1040 g/mol. The van der Waals surface area contributed by atoms with Crippen LogP contribution >= 0.6 is 0 Å². The number of aliphatic hydroxyl groups excluding tert-OH is 1. The number of aromatic hydroxyl groups is 2. The lowest BCUT2D eigenvalue weighted by Crippen LogP contribution is -2.58. The number of likely N-dealkylation sites (tertiary alicyclic amines) is 1. The lowest BCUT2D eigenvalue weighted by atomic mass is 10.0. The number of carbonyl (C=O) groups is 13. The average molecular weight is 1110 g/mol. The van der Waals surface area contributed by atoms with E-state index in [9.17, 15) is 77.6 Å². The quantitative estimate of drug-likeness (QED) is 0.0346. The Kier molecular flexibility index (Phi) is 25.6. The van der Waals surface area contributed by atoms with Crippen LogP contribution in [0.25, 0.3) is 0 Å². The molecule has 1 aliphatic rings. The Balaban J connectivity index is 1.51. The van der Waals surface area contributed by atoms with E-state index in [2.05, 4.69) is 53.2 Å². The number of nitrogens with zero attached hydrogens (tertiary/aromatic N) is 1. The second kappa shape index (κ2) is 31.4. The molecule has 1 aliphatic heterocycles. The molecule has 3 rings (SSSR count). The van der Waals surface area contributed by atoms with Crippen LogP contribution in [0.1, 0.15) is 71.4 Å².